The molecule has 0 saturated carbocycles. The molecule has 0 bridgehead atoms. The van der Waals surface area contributed by atoms with E-state index in [-0.39, 0.29) is 162 Å². The molecule has 0 aromatic rings. The summed E-state index contributed by atoms with van der Waals surface area (Å²) in [5.74, 6) is 0. The summed E-state index contributed by atoms with van der Waals surface area (Å²) in [6.07, 6.45) is 0. The van der Waals surface area contributed by atoms with Gasteiger partial charge in [-0.15, -0.1) is 0 Å². The molecule has 0 amide bonds. The summed E-state index contributed by atoms with van der Waals surface area (Å²) in [4.78, 5) is 0. The molecule has 0 heterocycles. The molecule has 0 saturated heterocycles. The predicted molar refractivity (Wildman–Crippen MR) is 42.4 cm³/mol. The van der Waals surface area contributed by atoms with Gasteiger partial charge in [0.2, 0.25) is 0 Å². The van der Waals surface area contributed by atoms with Crippen molar-refractivity contribution in [3.05, 3.63) is 0 Å². The van der Waals surface area contributed by atoms with Crippen LogP contribution in [0.15, 0.2) is 0 Å². The third kappa shape index (κ3) is 249. The molecular weight excluding hydrogens is 394 g/mol. The van der Waals surface area contributed by atoms with Gasteiger partial charge in [0, 0.05) is 0 Å². The average molecular weight is 402 g/mol. The SMILES string of the molecule is OO.[KH].[KH].[NaH].[NaH].[O]=[Mn](=[O])(=[O])[OH].[O]=[Mn](=[O])(=[O])[OH]. The topological polar surface area (TPSA) is 183 Å². The van der Waals surface area contributed by atoms with Crippen LogP contribution >= 0.6 is 0 Å². The van der Waals surface area contributed by atoms with Crippen molar-refractivity contribution in [1.29, 1.82) is 0 Å². The molecule has 0 radical (unpaired) electrons. The van der Waals surface area contributed by atoms with Crippen LogP contribution in [0.25, 0.3) is 0 Å². The maximum atomic E-state index is 8.69. The second kappa shape index (κ2) is 24.9. The van der Waals surface area contributed by atoms with Crippen molar-refractivity contribution < 1.29 is 67.8 Å². The van der Waals surface area contributed by atoms with Crippen molar-refractivity contribution in [2.45, 2.75) is 0 Å². The summed E-state index contributed by atoms with van der Waals surface area (Å²) in [7, 11) is 0. The van der Waals surface area contributed by atoms with Crippen LogP contribution in [-0.4, -0.2) is 181 Å². The molecule has 86 valence electrons. The Morgan fingerprint density at radius 1 is 0.562 bits per heavy atom. The minimum absolute atomic E-state index is 0. The monoisotopic (exact) mass is 402 g/mol. The van der Waals surface area contributed by atoms with E-state index >= 15 is 0 Å². The molecule has 0 aliphatic heterocycles. The van der Waals surface area contributed by atoms with E-state index in [4.69, 9.17) is 41.9 Å². The van der Waals surface area contributed by atoms with E-state index in [1.54, 1.807) is 0 Å². The molecule has 0 rings (SSSR count). The first kappa shape index (κ1) is 42.8. The first-order valence-electron chi connectivity index (χ1n) is 1.46. The molecule has 0 aromatic heterocycles. The standard InChI is InChI=1S/2K.2Mn.2Na.H2O2.2H2O.6O.4H/c;;;;;;1-2;;;;;;;;;;;;/h;;;;;;1-2H;2*1H2;;;;;;;;;;/q;;2*+1;;;;;;;;;;;;;;;/p-2. The molecule has 0 aliphatic carbocycles. The van der Waals surface area contributed by atoms with Gasteiger partial charge in [-0.1, -0.05) is 0 Å². The van der Waals surface area contributed by atoms with Gasteiger partial charge in [-0.05, 0) is 0 Å². The van der Waals surface area contributed by atoms with Gasteiger partial charge in [0.05, 0.1) is 0 Å². The molecule has 0 fully saturated rings. The van der Waals surface area contributed by atoms with Crippen molar-refractivity contribution in [3.63, 3.8) is 0 Å². The van der Waals surface area contributed by atoms with Gasteiger partial charge in [0.25, 0.3) is 0 Å². The summed E-state index contributed by atoms with van der Waals surface area (Å²) < 4.78 is 66.1. The number of hydrogen-bond acceptors (Lipinski definition) is 8. The molecular formula is H8K2Mn2Na2O10. The van der Waals surface area contributed by atoms with Crippen molar-refractivity contribution >= 4 is 162 Å². The Bertz CT molecular complexity index is 309. The van der Waals surface area contributed by atoms with Crippen LogP contribution in [0.2, 0.25) is 0 Å². The van der Waals surface area contributed by atoms with Gasteiger partial charge in [-0.3, -0.25) is 10.5 Å². The fraction of sp³-hybridized carbons (Fsp3) is 0. The quantitative estimate of drug-likeness (QED) is 0.175. The van der Waals surface area contributed by atoms with Crippen LogP contribution in [0.4, 0.5) is 0 Å². The van der Waals surface area contributed by atoms with Gasteiger partial charge < -0.3 is 0 Å². The van der Waals surface area contributed by atoms with Crippen LogP contribution < -0.4 is 0 Å². The third-order valence-corrected chi connectivity index (χ3v) is 0. The normalized spacial score (nSPS) is 7.50. The van der Waals surface area contributed by atoms with Crippen LogP contribution in [0, 0.1) is 0 Å². The van der Waals surface area contributed by atoms with E-state index in [9.17, 15) is 0 Å². The second-order valence-corrected chi connectivity index (χ2v) is 3.27. The fourth-order valence-corrected chi connectivity index (χ4v) is 0. The molecule has 0 aliphatic rings. The summed E-state index contributed by atoms with van der Waals surface area (Å²) in [6, 6.07) is 0. The van der Waals surface area contributed by atoms with Crippen molar-refractivity contribution in [2.24, 2.45) is 0 Å². The summed E-state index contributed by atoms with van der Waals surface area (Å²) in [5.41, 5.74) is 0. The Hall–Kier alpha value is 4.95. The van der Waals surface area contributed by atoms with E-state index in [0.717, 1.165) is 0 Å². The zero-order valence-electron chi connectivity index (χ0n) is 4.99. The van der Waals surface area contributed by atoms with E-state index in [0.29, 0.717) is 0 Å². The maximum absolute atomic E-state index is 8.69. The van der Waals surface area contributed by atoms with Gasteiger partial charge in [-0.25, -0.2) is 0 Å². The molecule has 16 heavy (non-hydrogen) atoms. The summed E-state index contributed by atoms with van der Waals surface area (Å²) >= 11 is -10.8. The fourth-order valence-electron chi connectivity index (χ4n) is 0. The van der Waals surface area contributed by atoms with Crippen LogP contribution in [0.3, 0.4) is 0 Å². The first-order chi connectivity index (χ1) is 5.00. The first-order valence-corrected chi connectivity index (χ1v) is 5.41. The van der Waals surface area contributed by atoms with E-state index in [2.05, 4.69) is 0 Å². The van der Waals surface area contributed by atoms with E-state index in [1.165, 1.54) is 0 Å². The van der Waals surface area contributed by atoms with Gasteiger partial charge in [-0.2, -0.15) is 0 Å². The second-order valence-electron chi connectivity index (χ2n) is 0.792. The Labute approximate surface area is 223 Å². The van der Waals surface area contributed by atoms with Crippen molar-refractivity contribution in [3.8, 4) is 0 Å². The van der Waals surface area contributed by atoms with Gasteiger partial charge in [0.1, 0.15) is 0 Å². The third-order valence-electron chi connectivity index (χ3n) is 0. The summed E-state index contributed by atoms with van der Waals surface area (Å²) in [6.45, 7) is 0. The zero-order chi connectivity index (χ0) is 11.0. The minimum atomic E-state index is -5.38. The Kier molecular flexibility index (Phi) is 66.8. The molecule has 16 heteroatoms. The van der Waals surface area contributed by atoms with Crippen molar-refractivity contribution in [2.75, 3.05) is 0 Å². The van der Waals surface area contributed by atoms with Gasteiger partial charge in [0.15, 0.2) is 0 Å². The molecule has 0 spiro atoms. The summed E-state index contributed by atoms with van der Waals surface area (Å²) in [5, 5.41) is 12.0. The Morgan fingerprint density at radius 2 is 0.562 bits per heavy atom. The van der Waals surface area contributed by atoms with Crippen LogP contribution in [0.1, 0.15) is 0 Å². The van der Waals surface area contributed by atoms with E-state index < -0.39 is 25.9 Å². The molecule has 4 N–H and O–H groups in total. The molecule has 10 nitrogen and oxygen atoms in total. The van der Waals surface area contributed by atoms with Crippen molar-refractivity contribution in [1.82, 2.24) is 0 Å². The Morgan fingerprint density at radius 3 is 0.562 bits per heavy atom. The molecule has 0 unspecified atom stereocenters. The molecule has 0 atom stereocenters. The van der Waals surface area contributed by atoms with E-state index in [1.807, 2.05) is 0 Å². The molecule has 0 aromatic carbocycles. The predicted octanol–water partition coefficient (Wildman–Crippen LogP) is -4.41. The number of rotatable bonds is 0. The average Bonchev–Trinajstić information content (AvgIpc) is 1.59. The van der Waals surface area contributed by atoms with Crippen LogP contribution in [-0.2, 0) is 48.9 Å². The number of hydrogen-bond donors (Lipinski definition) is 4. The van der Waals surface area contributed by atoms with Gasteiger partial charge >= 0.3 is 219 Å². The zero-order valence-corrected chi connectivity index (χ0v) is 7.36. The Balaban J connectivity index is -0.0000000144. The van der Waals surface area contributed by atoms with Crippen LogP contribution in [0.5, 0.6) is 0 Å².